The molecule has 0 aromatic heterocycles. The maximum absolute atomic E-state index is 12.1. The Hall–Kier alpha value is -2.18. The summed E-state index contributed by atoms with van der Waals surface area (Å²) in [5.41, 5.74) is 0.783. The molecule has 1 rings (SSSR count). The Morgan fingerprint density at radius 3 is 2.37 bits per heavy atom. The van der Waals surface area contributed by atoms with Gasteiger partial charge in [0.25, 0.3) is 0 Å². The van der Waals surface area contributed by atoms with Crippen LogP contribution >= 0.6 is 0 Å². The molecule has 1 aromatic rings. The van der Waals surface area contributed by atoms with Crippen molar-refractivity contribution in [1.29, 1.82) is 0 Å². The highest BCUT2D eigenvalue weighted by molar-refractivity contribution is 5.92. The fourth-order valence-electron chi connectivity index (χ4n) is 2.56. The summed E-state index contributed by atoms with van der Waals surface area (Å²) in [5.74, 6) is -0.622. The molecule has 0 bridgehead atoms. The van der Waals surface area contributed by atoms with Gasteiger partial charge in [-0.15, -0.1) is 0 Å². The van der Waals surface area contributed by atoms with Gasteiger partial charge in [-0.1, -0.05) is 44.7 Å². The van der Waals surface area contributed by atoms with E-state index in [1.165, 1.54) is 6.08 Å². The average Bonchev–Trinajstić information content (AvgIpc) is 2.70. The van der Waals surface area contributed by atoms with Crippen molar-refractivity contribution in [3.63, 3.8) is 0 Å². The molecule has 0 spiro atoms. The summed E-state index contributed by atoms with van der Waals surface area (Å²) in [7, 11) is 1.57. The number of methoxy groups -OCH3 is 1. The molecule has 0 amide bonds. The van der Waals surface area contributed by atoms with Crippen molar-refractivity contribution in [3.8, 4) is 5.75 Å². The van der Waals surface area contributed by atoms with Gasteiger partial charge in [0.1, 0.15) is 11.9 Å². The van der Waals surface area contributed by atoms with E-state index in [-0.39, 0.29) is 0 Å². The van der Waals surface area contributed by atoms with Gasteiger partial charge in [-0.05, 0) is 36.6 Å². The Bertz CT molecular complexity index is 593. The third kappa shape index (κ3) is 8.84. The van der Waals surface area contributed by atoms with E-state index >= 15 is 0 Å². The van der Waals surface area contributed by atoms with E-state index in [9.17, 15) is 14.7 Å². The quantitative estimate of drug-likeness (QED) is 0.311. The third-order valence-electron chi connectivity index (χ3n) is 4.17. The van der Waals surface area contributed by atoms with Crippen LogP contribution in [0, 0.1) is 0 Å². The molecule has 1 aromatic carbocycles. The molecule has 0 aliphatic carbocycles. The third-order valence-corrected chi connectivity index (χ3v) is 4.17. The summed E-state index contributed by atoms with van der Waals surface area (Å²) in [6.45, 7) is 1.42. The number of carbonyl (C=O) groups excluding carboxylic acids is 2. The number of rotatable bonds is 13. The van der Waals surface area contributed by atoms with Crippen molar-refractivity contribution in [2.45, 2.75) is 57.7 Å². The Balaban J connectivity index is 2.63. The zero-order valence-corrected chi connectivity index (χ0v) is 16.1. The summed E-state index contributed by atoms with van der Waals surface area (Å²) >= 11 is 0. The van der Waals surface area contributed by atoms with E-state index in [1.54, 1.807) is 37.5 Å². The topological polar surface area (TPSA) is 93.1 Å². The van der Waals surface area contributed by atoms with Gasteiger partial charge >= 0.3 is 5.97 Å². The molecule has 0 aliphatic rings. The number of unbranched alkanes of at least 4 members (excludes halogenated alkanes) is 4. The highest BCUT2D eigenvalue weighted by Crippen LogP contribution is 2.14. The van der Waals surface area contributed by atoms with Gasteiger partial charge in [-0.2, -0.15) is 0 Å². The van der Waals surface area contributed by atoms with E-state index < -0.39 is 30.6 Å². The second-order valence-electron chi connectivity index (χ2n) is 6.34. The number of ketones is 1. The minimum Gasteiger partial charge on any atom is -0.497 e. The predicted octanol–water partition coefficient (Wildman–Crippen LogP) is 2.90. The van der Waals surface area contributed by atoms with Crippen molar-refractivity contribution in [2.75, 3.05) is 13.7 Å². The van der Waals surface area contributed by atoms with Gasteiger partial charge in [0.15, 0.2) is 6.10 Å². The van der Waals surface area contributed by atoms with Crippen LogP contribution in [0.15, 0.2) is 30.3 Å². The minimum absolute atomic E-state index is 0.335. The number of esters is 1. The maximum atomic E-state index is 12.1. The fourth-order valence-corrected chi connectivity index (χ4v) is 2.56. The van der Waals surface area contributed by atoms with Gasteiger partial charge in [0.2, 0.25) is 5.78 Å². The van der Waals surface area contributed by atoms with E-state index in [4.69, 9.17) is 14.6 Å². The predicted molar refractivity (Wildman–Crippen MR) is 103 cm³/mol. The lowest BCUT2D eigenvalue weighted by atomic mass is 10.0. The van der Waals surface area contributed by atoms with Gasteiger partial charge in [-0.3, -0.25) is 4.79 Å². The molecular weight excluding hydrogens is 348 g/mol. The van der Waals surface area contributed by atoms with Gasteiger partial charge in [0, 0.05) is 6.08 Å². The lowest BCUT2D eigenvalue weighted by molar-refractivity contribution is -0.155. The van der Waals surface area contributed by atoms with Crippen LogP contribution in [0.3, 0.4) is 0 Å². The van der Waals surface area contributed by atoms with E-state index in [0.29, 0.717) is 18.6 Å². The Morgan fingerprint density at radius 2 is 1.78 bits per heavy atom. The van der Waals surface area contributed by atoms with Gasteiger partial charge < -0.3 is 19.7 Å². The fraction of sp³-hybridized carbons (Fsp3) is 0.524. The van der Waals surface area contributed by atoms with Crippen LogP contribution in [0.5, 0.6) is 5.75 Å². The van der Waals surface area contributed by atoms with Crippen molar-refractivity contribution in [3.05, 3.63) is 35.9 Å². The summed E-state index contributed by atoms with van der Waals surface area (Å²) < 4.78 is 10.3. The highest BCUT2D eigenvalue weighted by Gasteiger charge is 2.27. The lowest BCUT2D eigenvalue weighted by Gasteiger charge is -2.18. The Kier molecular flexibility index (Phi) is 11.1. The first-order chi connectivity index (χ1) is 13.0. The van der Waals surface area contributed by atoms with Crippen LogP contribution < -0.4 is 4.74 Å². The molecule has 6 heteroatoms. The van der Waals surface area contributed by atoms with Crippen LogP contribution in [-0.4, -0.2) is 47.9 Å². The zero-order valence-electron chi connectivity index (χ0n) is 16.1. The summed E-state index contributed by atoms with van der Waals surface area (Å²) in [6, 6.07) is 7.11. The molecule has 0 fully saturated rings. The summed E-state index contributed by atoms with van der Waals surface area (Å²) in [6.07, 6.45) is 5.46. The summed E-state index contributed by atoms with van der Waals surface area (Å²) in [5, 5.41) is 18.6. The number of hydrogen-bond donors (Lipinski definition) is 2. The lowest BCUT2D eigenvalue weighted by Crippen LogP contribution is -2.37. The van der Waals surface area contributed by atoms with Crippen molar-refractivity contribution >= 4 is 17.8 Å². The molecule has 2 unspecified atom stereocenters. The molecule has 0 saturated heterocycles. The molecule has 0 radical (unpaired) electrons. The maximum Gasteiger partial charge on any atom is 0.331 e. The van der Waals surface area contributed by atoms with Crippen LogP contribution in [0.1, 0.15) is 51.0 Å². The van der Waals surface area contributed by atoms with E-state index in [2.05, 4.69) is 6.92 Å². The molecule has 2 atom stereocenters. The number of aliphatic hydroxyl groups is 2. The summed E-state index contributed by atoms with van der Waals surface area (Å²) in [4.78, 5) is 24.2. The normalized spacial score (nSPS) is 13.3. The number of ether oxygens (including phenoxy) is 2. The molecule has 0 saturated carbocycles. The van der Waals surface area contributed by atoms with Crippen molar-refractivity contribution < 1.29 is 29.3 Å². The van der Waals surface area contributed by atoms with Gasteiger partial charge in [0.05, 0.1) is 13.7 Å². The standard InChI is InChI=1S/C21H30O6/c1-3-4-5-6-7-8-19(21(25)18(23)15-22)27-20(24)14-11-16-9-12-17(26-2)13-10-16/h9-14,18-19,22-23H,3-8,15H2,1-2H3/b14-11+. The second-order valence-corrected chi connectivity index (χ2v) is 6.34. The highest BCUT2D eigenvalue weighted by atomic mass is 16.5. The Labute approximate surface area is 160 Å². The van der Waals surface area contributed by atoms with E-state index in [1.807, 2.05) is 0 Å². The van der Waals surface area contributed by atoms with Crippen molar-refractivity contribution in [1.82, 2.24) is 0 Å². The smallest absolute Gasteiger partial charge is 0.331 e. The van der Waals surface area contributed by atoms with Crippen LogP contribution in [0.25, 0.3) is 6.08 Å². The number of Topliss-reactive ketones (excluding diaryl/α,β-unsaturated/α-hetero) is 1. The SMILES string of the molecule is CCCCCCCC(OC(=O)/C=C/c1ccc(OC)cc1)C(=O)C(O)CO. The number of benzene rings is 1. The molecular formula is C21H30O6. The van der Waals surface area contributed by atoms with Crippen LogP contribution in [0.4, 0.5) is 0 Å². The minimum atomic E-state index is -1.54. The Morgan fingerprint density at radius 1 is 1.11 bits per heavy atom. The number of hydrogen-bond acceptors (Lipinski definition) is 6. The molecule has 0 aliphatic heterocycles. The number of aliphatic hydroxyl groups excluding tert-OH is 2. The second kappa shape index (κ2) is 13.1. The average molecular weight is 378 g/mol. The first-order valence-corrected chi connectivity index (χ1v) is 9.37. The van der Waals surface area contributed by atoms with Crippen LogP contribution in [0.2, 0.25) is 0 Å². The van der Waals surface area contributed by atoms with Gasteiger partial charge in [-0.25, -0.2) is 4.79 Å². The largest absolute Gasteiger partial charge is 0.497 e. The molecule has 27 heavy (non-hydrogen) atoms. The first kappa shape index (κ1) is 22.9. The van der Waals surface area contributed by atoms with Crippen molar-refractivity contribution in [2.24, 2.45) is 0 Å². The monoisotopic (exact) mass is 378 g/mol. The molecule has 0 heterocycles. The molecule has 150 valence electrons. The van der Waals surface area contributed by atoms with Crippen LogP contribution in [-0.2, 0) is 14.3 Å². The molecule has 6 nitrogen and oxygen atoms in total. The van der Waals surface area contributed by atoms with E-state index in [0.717, 1.165) is 31.2 Å². The number of carbonyl (C=O) groups is 2. The first-order valence-electron chi connectivity index (χ1n) is 9.37. The zero-order chi connectivity index (χ0) is 20.1. The molecule has 2 N–H and O–H groups in total.